The maximum absolute atomic E-state index is 12.0. The zero-order valence-electron chi connectivity index (χ0n) is 20.4. The predicted molar refractivity (Wildman–Crippen MR) is 141 cm³/mol. The third kappa shape index (κ3) is 7.32. The SMILES string of the molecule is O=C1CCC(=O)N1CCCC(=C(c1ccc(O)cc1)c1ccc(O)cc1)[c-]1cccc1.[Fe+2].c1cc[cH-]c1. The molecule has 0 unspecified atom stereocenters. The molecule has 190 valence electrons. The number of carbonyl (C=O) groups is 2. The Morgan fingerprint density at radius 2 is 1.27 bits per heavy atom. The summed E-state index contributed by atoms with van der Waals surface area (Å²) in [7, 11) is 0. The number of allylic oxidation sites excluding steroid dienone is 1. The number of phenolic OH excluding ortho intramolecular Hbond substituents is 2. The second-order valence-corrected chi connectivity index (χ2v) is 8.63. The normalized spacial score (nSPS) is 12.5. The molecule has 1 aliphatic heterocycles. The van der Waals surface area contributed by atoms with E-state index in [0.29, 0.717) is 32.2 Å². The van der Waals surface area contributed by atoms with E-state index in [1.165, 1.54) is 4.90 Å². The maximum atomic E-state index is 12.0. The Hall–Kier alpha value is -3.86. The number of carbonyl (C=O) groups excluding carboxylic acids is 2. The van der Waals surface area contributed by atoms with Crippen molar-refractivity contribution < 1.29 is 36.9 Å². The van der Waals surface area contributed by atoms with Gasteiger partial charge in [0.15, 0.2) is 0 Å². The van der Waals surface area contributed by atoms with Crippen LogP contribution >= 0.6 is 0 Å². The number of aromatic hydroxyl groups is 2. The van der Waals surface area contributed by atoms with Gasteiger partial charge in [-0.25, -0.2) is 12.1 Å². The van der Waals surface area contributed by atoms with Crippen LogP contribution < -0.4 is 0 Å². The predicted octanol–water partition coefficient (Wildman–Crippen LogP) is 6.11. The zero-order valence-corrected chi connectivity index (χ0v) is 21.5. The van der Waals surface area contributed by atoms with Crippen molar-refractivity contribution in [3.63, 3.8) is 0 Å². The first-order valence-electron chi connectivity index (χ1n) is 12.1. The smallest absolute Gasteiger partial charge is 0.508 e. The molecule has 1 aliphatic rings. The molecule has 2 N–H and O–H groups in total. The second-order valence-electron chi connectivity index (χ2n) is 8.63. The first-order chi connectivity index (χ1) is 17.5. The molecular formula is C31H29FeNO4. The Morgan fingerprint density at radius 1 is 0.784 bits per heavy atom. The van der Waals surface area contributed by atoms with Crippen molar-refractivity contribution in [1.82, 2.24) is 4.90 Å². The number of hydrogen-bond donors (Lipinski definition) is 2. The van der Waals surface area contributed by atoms with Gasteiger partial charge >= 0.3 is 17.1 Å². The fraction of sp³-hybridized carbons (Fsp3) is 0.161. The summed E-state index contributed by atoms with van der Waals surface area (Å²) in [6, 6.07) is 32.1. The number of benzene rings is 2. The van der Waals surface area contributed by atoms with Crippen molar-refractivity contribution in [2.75, 3.05) is 6.54 Å². The molecule has 4 aromatic carbocycles. The van der Waals surface area contributed by atoms with E-state index < -0.39 is 0 Å². The fourth-order valence-electron chi connectivity index (χ4n) is 4.37. The van der Waals surface area contributed by atoms with Gasteiger partial charge in [0.1, 0.15) is 11.5 Å². The van der Waals surface area contributed by atoms with Gasteiger partial charge in [-0.15, -0.1) is 23.3 Å². The summed E-state index contributed by atoms with van der Waals surface area (Å²) in [6.45, 7) is 0.403. The largest absolute Gasteiger partial charge is 2.00 e. The molecule has 5 nitrogen and oxygen atoms in total. The number of hydrogen-bond acceptors (Lipinski definition) is 4. The van der Waals surface area contributed by atoms with Crippen molar-refractivity contribution >= 4 is 23.0 Å². The van der Waals surface area contributed by atoms with Crippen molar-refractivity contribution in [1.29, 1.82) is 0 Å². The standard InChI is InChI=1S/C26H24NO4.C5H5.Fe/c28-21-11-7-19(8-12-21)26(20-9-13-22(29)14-10-20)23(18-4-1-2-5-18)6-3-17-27-24(30)15-16-25(27)31;1-2-4-5-3-1;/h1-2,4-5,7-14,28-29H,3,6,15-17H2;1-5H;/q2*-1;+2. The summed E-state index contributed by atoms with van der Waals surface area (Å²) >= 11 is 0. The van der Waals surface area contributed by atoms with Gasteiger partial charge in [-0.3, -0.25) is 14.5 Å². The number of amides is 2. The molecule has 2 amide bonds. The van der Waals surface area contributed by atoms with Gasteiger partial charge in [0.25, 0.3) is 0 Å². The number of nitrogens with zero attached hydrogens (tertiary/aromatic N) is 1. The van der Waals surface area contributed by atoms with Gasteiger partial charge < -0.3 is 10.2 Å². The van der Waals surface area contributed by atoms with Crippen LogP contribution in [0.4, 0.5) is 0 Å². The Bertz CT molecular complexity index is 1210. The van der Waals surface area contributed by atoms with Crippen LogP contribution in [0.25, 0.3) is 11.1 Å². The average molecular weight is 535 g/mol. The van der Waals surface area contributed by atoms with Crippen LogP contribution in [0.3, 0.4) is 0 Å². The Kier molecular flexibility index (Phi) is 10.1. The zero-order chi connectivity index (χ0) is 25.3. The minimum atomic E-state index is -0.0962. The first kappa shape index (κ1) is 27.7. The van der Waals surface area contributed by atoms with Crippen molar-refractivity contribution in [2.24, 2.45) is 0 Å². The van der Waals surface area contributed by atoms with E-state index in [0.717, 1.165) is 27.8 Å². The Morgan fingerprint density at radius 3 is 1.70 bits per heavy atom. The molecular weight excluding hydrogens is 506 g/mol. The van der Waals surface area contributed by atoms with E-state index in [-0.39, 0.29) is 40.4 Å². The van der Waals surface area contributed by atoms with Gasteiger partial charge in [0.2, 0.25) is 11.8 Å². The maximum Gasteiger partial charge on any atom is 2.00 e. The van der Waals surface area contributed by atoms with Crippen LogP contribution in [-0.2, 0) is 26.7 Å². The molecule has 0 saturated carbocycles. The summed E-state index contributed by atoms with van der Waals surface area (Å²) in [4.78, 5) is 25.3. The molecule has 37 heavy (non-hydrogen) atoms. The molecule has 0 atom stereocenters. The molecule has 0 bridgehead atoms. The van der Waals surface area contributed by atoms with Gasteiger partial charge in [-0.1, -0.05) is 41.0 Å². The molecule has 0 aliphatic carbocycles. The second kappa shape index (κ2) is 13.4. The van der Waals surface area contributed by atoms with E-state index >= 15 is 0 Å². The van der Waals surface area contributed by atoms with Crippen LogP contribution in [-0.4, -0.2) is 33.5 Å². The van der Waals surface area contributed by atoms with Gasteiger partial charge in [-0.05, 0) is 37.1 Å². The van der Waals surface area contributed by atoms with Gasteiger partial charge in [0.05, 0.1) is 0 Å². The minimum absolute atomic E-state index is 0. The van der Waals surface area contributed by atoms with Gasteiger partial charge in [0, 0.05) is 19.4 Å². The van der Waals surface area contributed by atoms with Crippen LogP contribution in [0.15, 0.2) is 103 Å². The van der Waals surface area contributed by atoms with E-state index in [4.69, 9.17) is 0 Å². The van der Waals surface area contributed by atoms with Crippen molar-refractivity contribution in [3.05, 3.63) is 120 Å². The third-order valence-electron chi connectivity index (χ3n) is 6.14. The Balaban J connectivity index is 0.000000568. The molecule has 1 heterocycles. The number of imide groups is 1. The van der Waals surface area contributed by atoms with Gasteiger partial charge in [-0.2, -0.15) is 30.3 Å². The first-order valence-corrected chi connectivity index (χ1v) is 12.1. The number of phenols is 2. The molecule has 4 aromatic rings. The molecule has 1 saturated heterocycles. The molecule has 1 fully saturated rings. The monoisotopic (exact) mass is 535 g/mol. The summed E-state index contributed by atoms with van der Waals surface area (Å²) in [5, 5.41) is 19.5. The summed E-state index contributed by atoms with van der Waals surface area (Å²) < 4.78 is 0. The quantitative estimate of drug-likeness (QED) is 0.170. The minimum Gasteiger partial charge on any atom is -0.508 e. The van der Waals surface area contributed by atoms with E-state index in [1.807, 2.05) is 78.9 Å². The third-order valence-corrected chi connectivity index (χ3v) is 6.14. The van der Waals surface area contributed by atoms with Crippen LogP contribution in [0.2, 0.25) is 0 Å². The topological polar surface area (TPSA) is 77.8 Å². The van der Waals surface area contributed by atoms with Crippen molar-refractivity contribution in [2.45, 2.75) is 25.7 Å². The molecule has 5 rings (SSSR count). The number of likely N-dealkylation sites (tertiary alicyclic amines) is 1. The average Bonchev–Trinajstić information content (AvgIpc) is 3.67. The fourth-order valence-corrected chi connectivity index (χ4v) is 4.37. The van der Waals surface area contributed by atoms with Crippen LogP contribution in [0, 0.1) is 0 Å². The molecule has 0 radical (unpaired) electrons. The van der Waals surface area contributed by atoms with E-state index in [9.17, 15) is 19.8 Å². The molecule has 6 heteroatoms. The summed E-state index contributed by atoms with van der Waals surface area (Å²) in [5.41, 5.74) is 5.02. The molecule has 0 aromatic heterocycles. The molecule has 0 spiro atoms. The number of rotatable bonds is 7. The van der Waals surface area contributed by atoms with Crippen molar-refractivity contribution in [3.8, 4) is 11.5 Å². The van der Waals surface area contributed by atoms with E-state index in [1.54, 1.807) is 24.3 Å². The Labute approximate surface area is 227 Å². The van der Waals surface area contributed by atoms with E-state index in [2.05, 4.69) is 0 Å². The van der Waals surface area contributed by atoms with Crippen LogP contribution in [0.5, 0.6) is 11.5 Å². The summed E-state index contributed by atoms with van der Waals surface area (Å²) in [5.74, 6) is 0.187. The summed E-state index contributed by atoms with van der Waals surface area (Å²) in [6.07, 6.45) is 1.92. The van der Waals surface area contributed by atoms with Crippen LogP contribution in [0.1, 0.15) is 42.4 Å².